The molecular weight excluding hydrogens is 332 g/mol. The number of rotatable bonds is 8. The zero-order chi connectivity index (χ0) is 17.5. The first-order valence-electron chi connectivity index (χ1n) is 9.00. The second-order valence-corrected chi connectivity index (χ2v) is 7.63. The van der Waals surface area contributed by atoms with Gasteiger partial charge in [-0.05, 0) is 42.3 Å². The van der Waals surface area contributed by atoms with Crippen molar-refractivity contribution in [1.29, 1.82) is 0 Å². The second kappa shape index (κ2) is 9.13. The van der Waals surface area contributed by atoms with Crippen molar-refractivity contribution in [3.05, 3.63) is 57.8 Å². The summed E-state index contributed by atoms with van der Waals surface area (Å²) < 4.78 is 5.64. The number of quaternary nitrogens is 1. The molecule has 25 heavy (non-hydrogen) atoms. The van der Waals surface area contributed by atoms with E-state index in [9.17, 15) is 4.79 Å². The molecule has 134 valence electrons. The SMILES string of the molecule is Cc1ccsc1CN(Cc1ccccc1)C(=O)C[NH2+]C[C@@H]1CCCO1. The molecule has 0 unspecified atom stereocenters. The Bertz CT molecular complexity index is 665. The molecule has 1 aromatic carbocycles. The minimum Gasteiger partial charge on any atom is -0.372 e. The number of aryl methyl sites for hydroxylation is 1. The minimum atomic E-state index is 0.189. The monoisotopic (exact) mass is 359 g/mol. The molecule has 5 heteroatoms. The topological polar surface area (TPSA) is 46.2 Å². The third kappa shape index (κ3) is 5.39. The van der Waals surface area contributed by atoms with E-state index in [4.69, 9.17) is 4.74 Å². The molecule has 2 N–H and O–H groups in total. The molecule has 1 atom stereocenters. The Morgan fingerprint density at radius 2 is 2.12 bits per heavy atom. The van der Waals surface area contributed by atoms with Crippen molar-refractivity contribution in [2.75, 3.05) is 19.7 Å². The second-order valence-electron chi connectivity index (χ2n) is 6.63. The standard InChI is InChI=1S/C20H26N2O2S/c1-16-9-11-25-19(16)15-22(14-17-6-3-2-4-7-17)20(23)13-21-12-18-8-5-10-24-18/h2-4,6-7,9,11,18,21H,5,8,10,12-15H2,1H3/p+1/t18-/m0/s1. The van der Waals surface area contributed by atoms with Gasteiger partial charge in [-0.25, -0.2) is 0 Å². The van der Waals surface area contributed by atoms with Crippen molar-refractivity contribution in [3.8, 4) is 0 Å². The summed E-state index contributed by atoms with van der Waals surface area (Å²) in [5.41, 5.74) is 2.43. The molecule has 3 rings (SSSR count). The first kappa shape index (κ1) is 18.1. The van der Waals surface area contributed by atoms with Crippen LogP contribution in [0.5, 0.6) is 0 Å². The van der Waals surface area contributed by atoms with Crippen molar-refractivity contribution in [2.24, 2.45) is 0 Å². The van der Waals surface area contributed by atoms with Crippen LogP contribution in [0.4, 0.5) is 0 Å². The van der Waals surface area contributed by atoms with Crippen LogP contribution in [-0.4, -0.2) is 36.6 Å². The van der Waals surface area contributed by atoms with Gasteiger partial charge in [0.25, 0.3) is 5.91 Å². The highest BCUT2D eigenvalue weighted by molar-refractivity contribution is 7.10. The summed E-state index contributed by atoms with van der Waals surface area (Å²) >= 11 is 1.73. The summed E-state index contributed by atoms with van der Waals surface area (Å²) in [6, 6.07) is 12.3. The molecule has 0 spiro atoms. The third-order valence-corrected chi connectivity index (χ3v) is 5.65. The van der Waals surface area contributed by atoms with Crippen LogP contribution in [0.1, 0.15) is 28.8 Å². The number of thiophene rings is 1. The average molecular weight is 360 g/mol. The van der Waals surface area contributed by atoms with Crippen molar-refractivity contribution < 1.29 is 14.8 Å². The molecule has 0 radical (unpaired) electrons. The van der Waals surface area contributed by atoms with E-state index in [0.717, 1.165) is 26.0 Å². The van der Waals surface area contributed by atoms with Crippen molar-refractivity contribution in [1.82, 2.24) is 4.90 Å². The van der Waals surface area contributed by atoms with Gasteiger partial charge in [-0.2, -0.15) is 0 Å². The summed E-state index contributed by atoms with van der Waals surface area (Å²) in [5, 5.41) is 4.19. The molecule has 1 aliphatic heterocycles. The molecule has 2 heterocycles. The van der Waals surface area contributed by atoms with Gasteiger partial charge in [0.2, 0.25) is 0 Å². The lowest BCUT2D eigenvalue weighted by molar-refractivity contribution is -0.650. The van der Waals surface area contributed by atoms with Crippen LogP contribution in [0.15, 0.2) is 41.8 Å². The van der Waals surface area contributed by atoms with E-state index in [1.54, 1.807) is 11.3 Å². The summed E-state index contributed by atoms with van der Waals surface area (Å²) in [4.78, 5) is 16.1. The van der Waals surface area contributed by atoms with Gasteiger partial charge in [-0.3, -0.25) is 4.79 Å². The van der Waals surface area contributed by atoms with Crippen LogP contribution < -0.4 is 5.32 Å². The molecule has 1 saturated heterocycles. The minimum absolute atomic E-state index is 0.189. The Labute approximate surface area is 153 Å². The quantitative estimate of drug-likeness (QED) is 0.786. The van der Waals surface area contributed by atoms with Crippen LogP contribution in [0.3, 0.4) is 0 Å². The smallest absolute Gasteiger partial charge is 0.278 e. The van der Waals surface area contributed by atoms with Crippen LogP contribution in [0, 0.1) is 6.92 Å². The van der Waals surface area contributed by atoms with Gasteiger partial charge < -0.3 is 15.0 Å². The fourth-order valence-electron chi connectivity index (χ4n) is 3.13. The molecule has 1 amide bonds. The number of hydrogen-bond donors (Lipinski definition) is 1. The van der Waals surface area contributed by atoms with E-state index in [0.29, 0.717) is 25.7 Å². The van der Waals surface area contributed by atoms with E-state index in [1.807, 2.05) is 23.1 Å². The van der Waals surface area contributed by atoms with Gasteiger partial charge in [0, 0.05) is 18.0 Å². The molecule has 4 nitrogen and oxygen atoms in total. The lowest BCUT2D eigenvalue weighted by Gasteiger charge is -2.22. The Morgan fingerprint density at radius 3 is 2.80 bits per heavy atom. The number of carbonyl (C=O) groups excluding carboxylic acids is 1. The number of nitrogens with zero attached hydrogens (tertiary/aromatic N) is 1. The first-order valence-corrected chi connectivity index (χ1v) is 9.88. The Hall–Kier alpha value is -1.69. The van der Waals surface area contributed by atoms with Gasteiger partial charge in [0.1, 0.15) is 12.6 Å². The highest BCUT2D eigenvalue weighted by Gasteiger charge is 2.20. The molecule has 2 aromatic rings. The number of benzene rings is 1. The van der Waals surface area contributed by atoms with Gasteiger partial charge in [0.05, 0.1) is 6.54 Å². The van der Waals surface area contributed by atoms with E-state index < -0.39 is 0 Å². The zero-order valence-electron chi connectivity index (χ0n) is 14.8. The van der Waals surface area contributed by atoms with Crippen LogP contribution in [-0.2, 0) is 22.6 Å². The highest BCUT2D eigenvalue weighted by atomic mass is 32.1. The van der Waals surface area contributed by atoms with E-state index in [-0.39, 0.29) is 5.91 Å². The lowest BCUT2D eigenvalue weighted by Crippen LogP contribution is -2.88. The van der Waals surface area contributed by atoms with Gasteiger partial charge in [0.15, 0.2) is 6.54 Å². The maximum Gasteiger partial charge on any atom is 0.278 e. The molecule has 1 fully saturated rings. The van der Waals surface area contributed by atoms with E-state index >= 15 is 0 Å². The number of ether oxygens (including phenoxy) is 1. The maximum absolute atomic E-state index is 12.8. The molecule has 0 saturated carbocycles. The van der Waals surface area contributed by atoms with Crippen LogP contribution in [0.25, 0.3) is 0 Å². The summed E-state index contributed by atoms with van der Waals surface area (Å²) in [6.07, 6.45) is 2.58. The van der Waals surface area contributed by atoms with Crippen molar-refractivity contribution in [2.45, 2.75) is 39.0 Å². The molecule has 0 bridgehead atoms. The van der Waals surface area contributed by atoms with E-state index in [1.165, 1.54) is 16.0 Å². The number of nitrogens with two attached hydrogens (primary N) is 1. The molecular formula is C20H27N2O2S+. The predicted molar refractivity (Wildman–Crippen MR) is 100 cm³/mol. The van der Waals surface area contributed by atoms with E-state index in [2.05, 4.69) is 35.8 Å². The Balaban J connectivity index is 1.60. The largest absolute Gasteiger partial charge is 0.372 e. The Morgan fingerprint density at radius 1 is 1.28 bits per heavy atom. The van der Waals surface area contributed by atoms with Crippen molar-refractivity contribution in [3.63, 3.8) is 0 Å². The van der Waals surface area contributed by atoms with Gasteiger partial charge in [-0.1, -0.05) is 30.3 Å². The fraction of sp³-hybridized carbons (Fsp3) is 0.450. The van der Waals surface area contributed by atoms with Gasteiger partial charge >= 0.3 is 0 Å². The van der Waals surface area contributed by atoms with Crippen LogP contribution in [0.2, 0.25) is 0 Å². The summed E-state index contributed by atoms with van der Waals surface area (Å²) in [7, 11) is 0. The number of hydrogen-bond acceptors (Lipinski definition) is 3. The number of amides is 1. The highest BCUT2D eigenvalue weighted by Crippen LogP contribution is 2.19. The maximum atomic E-state index is 12.8. The summed E-state index contributed by atoms with van der Waals surface area (Å²) in [5.74, 6) is 0.189. The lowest BCUT2D eigenvalue weighted by atomic mass is 10.2. The summed E-state index contributed by atoms with van der Waals surface area (Å²) in [6.45, 7) is 5.68. The molecule has 1 aromatic heterocycles. The van der Waals surface area contributed by atoms with Crippen LogP contribution >= 0.6 is 11.3 Å². The molecule has 1 aliphatic rings. The molecule has 0 aliphatic carbocycles. The Kier molecular flexibility index (Phi) is 6.62. The third-order valence-electron chi connectivity index (χ3n) is 4.64. The normalized spacial score (nSPS) is 16.9. The first-order chi connectivity index (χ1) is 12.2. The predicted octanol–water partition coefficient (Wildman–Crippen LogP) is 2.33. The fourth-order valence-corrected chi connectivity index (χ4v) is 4.05. The average Bonchev–Trinajstić information content (AvgIpc) is 3.27. The van der Waals surface area contributed by atoms with Gasteiger partial charge in [-0.15, -0.1) is 11.3 Å². The number of carbonyl (C=O) groups is 1. The zero-order valence-corrected chi connectivity index (χ0v) is 15.6. The van der Waals surface area contributed by atoms with Crippen molar-refractivity contribution >= 4 is 17.2 Å².